The number of carbonyl (C=O) groups is 1. The number of benzene rings is 1. The van der Waals surface area contributed by atoms with E-state index in [-0.39, 0.29) is 75.4 Å². The first kappa shape index (κ1) is 31.9. The first-order chi connectivity index (χ1) is 21.2. The van der Waals surface area contributed by atoms with Crippen molar-refractivity contribution in [3.63, 3.8) is 0 Å². The minimum atomic E-state index is -4.96. The quantitative estimate of drug-likeness (QED) is 0.384. The van der Waals surface area contributed by atoms with Gasteiger partial charge in [-0.2, -0.15) is 31.4 Å². The van der Waals surface area contributed by atoms with Gasteiger partial charge in [-0.25, -0.2) is 23.8 Å². The van der Waals surface area contributed by atoms with Crippen molar-refractivity contribution < 1.29 is 44.7 Å². The van der Waals surface area contributed by atoms with Crippen molar-refractivity contribution in [3.05, 3.63) is 69.8 Å². The van der Waals surface area contributed by atoms with Gasteiger partial charge < -0.3 is 19.4 Å². The van der Waals surface area contributed by atoms with Crippen molar-refractivity contribution in [2.24, 2.45) is 0 Å². The highest BCUT2D eigenvalue weighted by molar-refractivity contribution is 5.76. The van der Waals surface area contributed by atoms with Crippen LogP contribution in [-0.2, 0) is 17.1 Å². The van der Waals surface area contributed by atoms with E-state index >= 15 is 0 Å². The zero-order chi connectivity index (χ0) is 32.5. The zero-order valence-corrected chi connectivity index (χ0v) is 23.2. The number of ether oxygens (including phenoxy) is 1. The maximum Gasteiger partial charge on any atom is 0.421 e. The summed E-state index contributed by atoms with van der Waals surface area (Å²) in [6.45, 7) is 0.914. The maximum atomic E-state index is 13.7. The summed E-state index contributed by atoms with van der Waals surface area (Å²) in [4.78, 5) is 37.0. The molecule has 2 aliphatic rings. The molecule has 4 heterocycles. The number of carbonyl (C=O) groups excluding carboxylic acids is 1. The molecule has 2 atom stereocenters. The van der Waals surface area contributed by atoms with E-state index in [0.29, 0.717) is 24.5 Å². The van der Waals surface area contributed by atoms with E-state index in [4.69, 9.17) is 4.74 Å². The summed E-state index contributed by atoms with van der Waals surface area (Å²) in [5.74, 6) is -2.30. The molecular weight excluding hydrogens is 622 g/mol. The second-order valence-corrected chi connectivity index (χ2v) is 10.5. The van der Waals surface area contributed by atoms with Crippen LogP contribution in [0.2, 0.25) is 0 Å². The third kappa shape index (κ3) is 7.59. The van der Waals surface area contributed by atoms with E-state index in [9.17, 15) is 44.7 Å². The second-order valence-electron chi connectivity index (χ2n) is 10.5. The topological polar surface area (TPSA) is 108 Å². The third-order valence-corrected chi connectivity index (χ3v) is 7.48. The Morgan fingerprint density at radius 3 is 2.18 bits per heavy atom. The Morgan fingerprint density at radius 1 is 0.933 bits per heavy atom. The summed E-state index contributed by atoms with van der Waals surface area (Å²) in [5, 5.41) is 5.61. The van der Waals surface area contributed by atoms with E-state index in [2.05, 4.69) is 15.1 Å². The highest BCUT2D eigenvalue weighted by Crippen LogP contribution is 2.33. The molecule has 0 aliphatic carbocycles. The highest BCUT2D eigenvalue weighted by Gasteiger charge is 2.39. The van der Waals surface area contributed by atoms with E-state index in [1.54, 1.807) is 9.80 Å². The fourth-order valence-electron chi connectivity index (χ4n) is 5.29. The molecule has 0 saturated carbocycles. The summed E-state index contributed by atoms with van der Waals surface area (Å²) in [5.41, 5.74) is -3.88. The van der Waals surface area contributed by atoms with Crippen LogP contribution in [-0.4, -0.2) is 75.8 Å². The van der Waals surface area contributed by atoms with Gasteiger partial charge in [0.1, 0.15) is 34.9 Å². The minimum Gasteiger partial charge on any atom is -0.488 e. The molecule has 1 amide bonds. The SMILES string of the molecule is O=C(CC[C@@H]1C[C@@H](Oc2cc(F)cc(F)c2)CN1c1cc(C(F)(F)F)c(=O)[nH]n1)N1CCN(c2ncc(C(F)(F)F)cn2)CC1. The minimum absolute atomic E-state index is 0.0330. The fourth-order valence-corrected chi connectivity index (χ4v) is 5.29. The Balaban J connectivity index is 1.25. The van der Waals surface area contributed by atoms with E-state index < -0.39 is 52.8 Å². The standard InChI is InChI=1S/C27H25F8N7O3/c28-16-7-17(29)9-19(8-16)45-20-10-18(42(14-20)22-11-21(27(33,34)35)24(44)39-38-22)1-2-23(43)40-3-5-41(6-4-40)25-36-12-15(13-37-25)26(30,31)32/h7-9,11-13,18,20H,1-6,10,14H2,(H,39,44)/t18-,20-/m1/s1. The van der Waals surface area contributed by atoms with Crippen LogP contribution in [0, 0.1) is 11.6 Å². The van der Waals surface area contributed by atoms with Crippen molar-refractivity contribution in [2.45, 2.75) is 43.8 Å². The molecule has 45 heavy (non-hydrogen) atoms. The Hall–Kier alpha value is -4.51. The molecule has 10 nitrogen and oxygen atoms in total. The molecule has 2 saturated heterocycles. The molecule has 242 valence electrons. The first-order valence-corrected chi connectivity index (χ1v) is 13.7. The fraction of sp³-hybridized carbons (Fsp3) is 0.444. The van der Waals surface area contributed by atoms with Crippen LogP contribution >= 0.6 is 0 Å². The van der Waals surface area contributed by atoms with Crippen LogP contribution in [0.4, 0.5) is 46.9 Å². The summed E-state index contributed by atoms with van der Waals surface area (Å²) in [7, 11) is 0. The molecule has 18 heteroatoms. The number of alkyl halides is 6. The number of rotatable bonds is 7. The number of amides is 1. The first-order valence-electron chi connectivity index (χ1n) is 13.7. The molecule has 0 bridgehead atoms. The van der Waals surface area contributed by atoms with Crippen molar-refractivity contribution in [1.29, 1.82) is 0 Å². The highest BCUT2D eigenvalue weighted by atomic mass is 19.4. The largest absolute Gasteiger partial charge is 0.488 e. The molecule has 0 spiro atoms. The Kier molecular flexibility index (Phi) is 8.84. The predicted octanol–water partition coefficient (Wildman–Crippen LogP) is 4.03. The van der Waals surface area contributed by atoms with Gasteiger partial charge in [0, 0.05) is 81.7 Å². The molecule has 3 aromatic rings. The molecule has 5 rings (SSSR count). The van der Waals surface area contributed by atoms with Crippen molar-refractivity contribution in [1.82, 2.24) is 25.1 Å². The van der Waals surface area contributed by atoms with Gasteiger partial charge in [-0.3, -0.25) is 9.59 Å². The van der Waals surface area contributed by atoms with Gasteiger partial charge in [0.2, 0.25) is 11.9 Å². The van der Waals surface area contributed by atoms with E-state index in [1.807, 2.05) is 5.10 Å². The van der Waals surface area contributed by atoms with Gasteiger partial charge in [0.25, 0.3) is 5.56 Å². The number of hydrogen-bond acceptors (Lipinski definition) is 8. The number of aromatic nitrogens is 4. The molecule has 0 unspecified atom stereocenters. The van der Waals surface area contributed by atoms with Crippen LogP contribution in [0.3, 0.4) is 0 Å². The number of aromatic amines is 1. The number of halogens is 8. The molecular formula is C27H25F8N7O3. The van der Waals surface area contributed by atoms with Crippen LogP contribution in [0.5, 0.6) is 5.75 Å². The average Bonchev–Trinajstić information content (AvgIpc) is 3.37. The zero-order valence-electron chi connectivity index (χ0n) is 23.2. The van der Waals surface area contributed by atoms with E-state index in [1.165, 1.54) is 4.90 Å². The number of H-pyrrole nitrogens is 1. The lowest BCUT2D eigenvalue weighted by atomic mass is 10.1. The molecule has 2 aliphatic heterocycles. The van der Waals surface area contributed by atoms with Crippen molar-refractivity contribution >= 4 is 17.7 Å². The third-order valence-electron chi connectivity index (χ3n) is 7.48. The second kappa shape index (κ2) is 12.5. The number of anilines is 2. The monoisotopic (exact) mass is 647 g/mol. The normalized spacial score (nSPS) is 19.2. The molecule has 1 aromatic carbocycles. The molecule has 1 N–H and O–H groups in total. The van der Waals surface area contributed by atoms with Crippen LogP contribution in [0.15, 0.2) is 41.5 Å². The Morgan fingerprint density at radius 2 is 1.58 bits per heavy atom. The molecule has 2 fully saturated rings. The Bertz CT molecular complexity index is 1550. The molecule has 2 aromatic heterocycles. The van der Waals surface area contributed by atoms with Crippen LogP contribution in [0.25, 0.3) is 0 Å². The average molecular weight is 648 g/mol. The smallest absolute Gasteiger partial charge is 0.421 e. The Labute approximate surface area is 249 Å². The van der Waals surface area contributed by atoms with Gasteiger partial charge in [-0.05, 0) is 6.42 Å². The van der Waals surface area contributed by atoms with Crippen LogP contribution in [0.1, 0.15) is 30.4 Å². The number of nitrogens with one attached hydrogen (secondary N) is 1. The van der Waals surface area contributed by atoms with Gasteiger partial charge >= 0.3 is 12.4 Å². The van der Waals surface area contributed by atoms with Crippen molar-refractivity contribution in [3.8, 4) is 5.75 Å². The van der Waals surface area contributed by atoms with Gasteiger partial charge in [-0.15, -0.1) is 0 Å². The number of piperazine rings is 1. The van der Waals surface area contributed by atoms with Gasteiger partial charge in [0.05, 0.1) is 12.1 Å². The predicted molar refractivity (Wildman–Crippen MR) is 141 cm³/mol. The summed E-state index contributed by atoms with van der Waals surface area (Å²) in [6.07, 6.45) is -8.65. The molecule has 0 radical (unpaired) electrons. The number of nitrogens with zero attached hydrogens (tertiary/aromatic N) is 6. The van der Waals surface area contributed by atoms with Crippen molar-refractivity contribution in [2.75, 3.05) is 42.5 Å². The summed E-state index contributed by atoms with van der Waals surface area (Å²) in [6, 6.07) is 2.57. The van der Waals surface area contributed by atoms with Gasteiger partial charge in [0.15, 0.2) is 0 Å². The lowest BCUT2D eigenvalue weighted by molar-refractivity contribution is -0.139. The lowest BCUT2D eigenvalue weighted by Gasteiger charge is -2.35. The lowest BCUT2D eigenvalue weighted by Crippen LogP contribution is -2.49. The van der Waals surface area contributed by atoms with Crippen LogP contribution < -0.4 is 20.1 Å². The number of hydrogen-bond donors (Lipinski definition) is 1. The summed E-state index contributed by atoms with van der Waals surface area (Å²) < 4.78 is 112. The summed E-state index contributed by atoms with van der Waals surface area (Å²) >= 11 is 0. The van der Waals surface area contributed by atoms with E-state index in [0.717, 1.165) is 12.1 Å². The van der Waals surface area contributed by atoms with Gasteiger partial charge in [-0.1, -0.05) is 0 Å². The maximum absolute atomic E-state index is 13.7.